The van der Waals surface area contributed by atoms with Gasteiger partial charge < -0.3 is 9.47 Å². The Balaban J connectivity index is 1.38. The highest BCUT2D eigenvalue weighted by Gasteiger charge is 2.34. The molecule has 0 spiro atoms. The fourth-order valence-electron chi connectivity index (χ4n) is 5.69. The molecule has 0 aliphatic rings. The number of carbonyl (C=O) groups excluding carboxylic acids is 2. The van der Waals surface area contributed by atoms with Gasteiger partial charge >= 0.3 is 5.97 Å². The molecular formula is C39H28N2O6S. The van der Waals surface area contributed by atoms with Gasteiger partial charge in [0.15, 0.2) is 0 Å². The van der Waals surface area contributed by atoms with Gasteiger partial charge in [-0.3, -0.25) is 4.79 Å². The van der Waals surface area contributed by atoms with Crippen LogP contribution in [0.1, 0.15) is 26.3 Å². The summed E-state index contributed by atoms with van der Waals surface area (Å²) in [5, 5.41) is 2.60. The van der Waals surface area contributed by atoms with Crippen LogP contribution in [0.15, 0.2) is 144 Å². The van der Waals surface area contributed by atoms with E-state index in [9.17, 15) is 18.0 Å². The van der Waals surface area contributed by atoms with Crippen molar-refractivity contribution in [2.75, 3.05) is 11.4 Å². The predicted molar refractivity (Wildman–Crippen MR) is 186 cm³/mol. The van der Waals surface area contributed by atoms with E-state index in [1.165, 1.54) is 43.5 Å². The first-order valence-electron chi connectivity index (χ1n) is 15.1. The maximum Gasteiger partial charge on any atom is 0.338 e. The maximum absolute atomic E-state index is 15.0. The lowest BCUT2D eigenvalue weighted by Gasteiger charge is -2.24. The number of amides is 1. The van der Waals surface area contributed by atoms with Gasteiger partial charge in [0, 0.05) is 10.8 Å². The molecular weight excluding hydrogens is 625 g/mol. The minimum absolute atomic E-state index is 0.0178. The molecule has 9 heteroatoms. The molecule has 0 aliphatic heterocycles. The Hall–Kier alpha value is -6.06. The van der Waals surface area contributed by atoms with E-state index >= 15 is 0 Å². The van der Waals surface area contributed by atoms with E-state index < -0.39 is 21.9 Å². The highest BCUT2D eigenvalue weighted by molar-refractivity contribution is 7.93. The number of esters is 1. The Kier molecular flexibility index (Phi) is 8.04. The zero-order valence-electron chi connectivity index (χ0n) is 25.7. The molecule has 0 saturated heterocycles. The minimum atomic E-state index is -4.61. The number of hydrogen-bond acceptors (Lipinski definition) is 7. The predicted octanol–water partition coefficient (Wildman–Crippen LogP) is 7.94. The molecule has 236 valence electrons. The van der Waals surface area contributed by atoms with E-state index in [1.54, 1.807) is 24.3 Å². The Morgan fingerprint density at radius 3 is 2.17 bits per heavy atom. The highest BCUT2D eigenvalue weighted by atomic mass is 32.2. The summed E-state index contributed by atoms with van der Waals surface area (Å²) in [4.78, 5) is 32.6. The summed E-state index contributed by atoms with van der Waals surface area (Å²) in [6, 6.07) is 39.4. The zero-order chi connectivity index (χ0) is 33.3. The molecule has 1 amide bonds. The molecule has 0 N–H and O–H groups in total. The van der Waals surface area contributed by atoms with Crippen LogP contribution < -0.4 is 9.04 Å². The number of pyridine rings is 1. The summed E-state index contributed by atoms with van der Waals surface area (Å²) in [5.74, 6) is -0.995. The van der Waals surface area contributed by atoms with Gasteiger partial charge in [-0.2, -0.15) is 4.31 Å². The lowest BCUT2D eigenvalue weighted by molar-refractivity contribution is 0.0472. The smallest absolute Gasteiger partial charge is 0.338 e. The monoisotopic (exact) mass is 652 g/mol. The lowest BCUT2D eigenvalue weighted by Crippen LogP contribution is -2.37. The number of hydrogen-bond donors (Lipinski definition) is 0. The van der Waals surface area contributed by atoms with E-state index in [1.807, 2.05) is 78.9 Å². The third kappa shape index (κ3) is 5.72. The molecule has 7 rings (SSSR count). The van der Waals surface area contributed by atoms with Crippen LogP contribution in [0.25, 0.3) is 32.6 Å². The van der Waals surface area contributed by atoms with Crippen molar-refractivity contribution in [3.05, 3.63) is 156 Å². The van der Waals surface area contributed by atoms with Gasteiger partial charge in [0.1, 0.15) is 12.4 Å². The average Bonchev–Trinajstić information content (AvgIpc) is 3.12. The van der Waals surface area contributed by atoms with E-state index in [2.05, 4.69) is 0 Å². The van der Waals surface area contributed by atoms with Gasteiger partial charge in [0.25, 0.3) is 15.9 Å². The first kappa shape index (κ1) is 30.6. The molecule has 48 heavy (non-hydrogen) atoms. The minimum Gasteiger partial charge on any atom is -0.497 e. The summed E-state index contributed by atoms with van der Waals surface area (Å²) < 4.78 is 40.8. The van der Waals surface area contributed by atoms with Crippen molar-refractivity contribution in [1.29, 1.82) is 0 Å². The van der Waals surface area contributed by atoms with E-state index in [0.717, 1.165) is 26.2 Å². The third-order valence-electron chi connectivity index (χ3n) is 8.07. The van der Waals surface area contributed by atoms with Crippen LogP contribution in [0.3, 0.4) is 0 Å². The highest BCUT2D eigenvalue weighted by Crippen LogP contribution is 2.35. The molecule has 0 radical (unpaired) electrons. The second-order valence-electron chi connectivity index (χ2n) is 11.1. The van der Waals surface area contributed by atoms with Gasteiger partial charge in [-0.25, -0.2) is 18.2 Å². The quantitative estimate of drug-likeness (QED) is 0.121. The standard InChI is InChI=1S/C39H28N2O6S/c1-46-31-20-18-30(19-21-31)41(48(44,45)32-15-9-14-29(22-32)39(43)47-25-26-10-3-2-4-11-26)38(42)37-33-16-7-5-12-27(33)24-36-34(37)23-28-13-6-8-17-35(28)40-36/h2-24H,25H2,1H3. The number of benzene rings is 6. The topological polar surface area (TPSA) is 103 Å². The lowest BCUT2D eigenvalue weighted by atomic mass is 9.97. The first-order chi connectivity index (χ1) is 23.3. The Bertz CT molecular complexity index is 2440. The first-order valence-corrected chi connectivity index (χ1v) is 16.5. The number of methoxy groups -OCH3 is 1. The molecule has 8 nitrogen and oxygen atoms in total. The zero-order valence-corrected chi connectivity index (χ0v) is 26.6. The molecule has 1 aromatic heterocycles. The fourth-order valence-corrected chi connectivity index (χ4v) is 7.14. The van der Waals surface area contributed by atoms with Gasteiger partial charge in [0.2, 0.25) is 0 Å². The third-order valence-corrected chi connectivity index (χ3v) is 9.78. The molecule has 0 saturated carbocycles. The van der Waals surface area contributed by atoms with Crippen LogP contribution in [-0.2, 0) is 21.4 Å². The molecule has 1 heterocycles. The van der Waals surface area contributed by atoms with Crippen LogP contribution in [0.2, 0.25) is 0 Å². The van der Waals surface area contributed by atoms with Crippen LogP contribution in [0.5, 0.6) is 5.75 Å². The van der Waals surface area contributed by atoms with Crippen molar-refractivity contribution in [1.82, 2.24) is 4.98 Å². The summed E-state index contributed by atoms with van der Waals surface area (Å²) in [5.41, 5.74) is 2.38. The SMILES string of the molecule is COc1ccc(N(C(=O)c2c3ccccc3cc3nc4ccccc4cc23)S(=O)(=O)c2cccc(C(=O)OCc3ccccc3)c2)cc1. The molecule has 7 aromatic rings. The maximum atomic E-state index is 15.0. The van der Waals surface area contributed by atoms with Crippen molar-refractivity contribution in [2.24, 2.45) is 0 Å². The van der Waals surface area contributed by atoms with Crippen molar-refractivity contribution < 1.29 is 27.5 Å². The van der Waals surface area contributed by atoms with Crippen molar-refractivity contribution in [2.45, 2.75) is 11.5 Å². The molecule has 0 bridgehead atoms. The van der Waals surface area contributed by atoms with Gasteiger partial charge in [-0.15, -0.1) is 0 Å². The van der Waals surface area contributed by atoms with Crippen molar-refractivity contribution in [3.8, 4) is 5.75 Å². The number of fused-ring (bicyclic) bond motifs is 3. The molecule has 6 aromatic carbocycles. The van der Waals surface area contributed by atoms with Crippen LogP contribution in [-0.4, -0.2) is 32.4 Å². The fraction of sp³-hybridized carbons (Fsp3) is 0.0513. The summed E-state index contributed by atoms with van der Waals surface area (Å²) in [7, 11) is -3.11. The summed E-state index contributed by atoms with van der Waals surface area (Å²) >= 11 is 0. The number of anilines is 1. The number of para-hydroxylation sites is 1. The number of ether oxygens (including phenoxy) is 2. The number of nitrogens with zero attached hydrogens (tertiary/aromatic N) is 2. The largest absolute Gasteiger partial charge is 0.497 e. The molecule has 0 aliphatic carbocycles. The van der Waals surface area contributed by atoms with Gasteiger partial charge in [-0.05, 0) is 77.0 Å². The van der Waals surface area contributed by atoms with Gasteiger partial charge in [-0.1, -0.05) is 78.9 Å². The number of rotatable bonds is 8. The molecule has 0 unspecified atom stereocenters. The molecule has 0 atom stereocenters. The number of sulfonamides is 1. The van der Waals surface area contributed by atoms with Crippen molar-refractivity contribution >= 4 is 60.2 Å². The number of carbonyl (C=O) groups is 2. The van der Waals surface area contributed by atoms with Crippen molar-refractivity contribution in [3.63, 3.8) is 0 Å². The second-order valence-corrected chi connectivity index (χ2v) is 12.9. The van der Waals surface area contributed by atoms with Crippen LogP contribution >= 0.6 is 0 Å². The summed E-state index contributed by atoms with van der Waals surface area (Å²) in [6.07, 6.45) is 0. The Morgan fingerprint density at radius 2 is 1.40 bits per heavy atom. The molecule has 0 fully saturated rings. The van der Waals surface area contributed by atoms with Gasteiger partial charge in [0.05, 0.1) is 39.9 Å². The Morgan fingerprint density at radius 1 is 0.688 bits per heavy atom. The van der Waals surface area contributed by atoms with Crippen LogP contribution in [0.4, 0.5) is 5.69 Å². The normalized spacial score (nSPS) is 11.4. The van der Waals surface area contributed by atoms with Crippen LogP contribution in [0, 0.1) is 0 Å². The number of aromatic nitrogens is 1. The van der Waals surface area contributed by atoms with E-state index in [-0.39, 0.29) is 28.3 Å². The average molecular weight is 653 g/mol. The second kappa shape index (κ2) is 12.6. The summed E-state index contributed by atoms with van der Waals surface area (Å²) in [6.45, 7) is 0.0178. The Labute approximate surface area is 276 Å². The van der Waals surface area contributed by atoms with E-state index in [0.29, 0.717) is 22.0 Å². The van der Waals surface area contributed by atoms with E-state index in [4.69, 9.17) is 14.5 Å².